The predicted octanol–water partition coefficient (Wildman–Crippen LogP) is 5.12. The number of aromatic nitrogens is 3. The Bertz CT molecular complexity index is 1410. The maximum atomic E-state index is 12.7. The molecule has 0 aliphatic heterocycles. The van der Waals surface area contributed by atoms with Crippen LogP contribution in [0.3, 0.4) is 0 Å². The Morgan fingerprint density at radius 3 is 2.49 bits per heavy atom. The molecule has 1 saturated carbocycles. The zero-order chi connectivity index (χ0) is 24.4. The minimum atomic E-state index is -0.124. The summed E-state index contributed by atoms with van der Waals surface area (Å²) >= 11 is 12.4. The first-order valence-electron chi connectivity index (χ1n) is 11.5. The number of hydrogen-bond donors (Lipinski definition) is 1. The summed E-state index contributed by atoms with van der Waals surface area (Å²) in [5.74, 6) is 0.179. The zero-order valence-electron chi connectivity index (χ0n) is 18.9. The van der Waals surface area contributed by atoms with Crippen molar-refractivity contribution < 1.29 is 4.79 Å². The van der Waals surface area contributed by atoms with Gasteiger partial charge in [-0.2, -0.15) is 5.10 Å². The van der Waals surface area contributed by atoms with Crippen LogP contribution in [-0.4, -0.2) is 26.3 Å². The number of pyridine rings is 1. The molecule has 8 heteroatoms. The van der Waals surface area contributed by atoms with Crippen LogP contribution in [0.15, 0.2) is 84.0 Å². The van der Waals surface area contributed by atoms with E-state index in [0.717, 1.165) is 29.5 Å². The first-order valence-corrected chi connectivity index (χ1v) is 12.2. The fourth-order valence-corrected chi connectivity index (χ4v) is 4.83. The van der Waals surface area contributed by atoms with E-state index in [-0.39, 0.29) is 17.5 Å². The zero-order valence-corrected chi connectivity index (χ0v) is 20.4. The van der Waals surface area contributed by atoms with Crippen LogP contribution >= 0.6 is 23.2 Å². The SMILES string of the molecule is O=C(NC1CC(c2cc(Cl)ccc2Cl)C1)c1cnn(Cc2ccc(Cn3ccccc3=O)cc2)c1. The minimum Gasteiger partial charge on any atom is -0.349 e. The highest BCUT2D eigenvalue weighted by atomic mass is 35.5. The highest BCUT2D eigenvalue weighted by Crippen LogP contribution is 2.41. The summed E-state index contributed by atoms with van der Waals surface area (Å²) in [5.41, 5.74) is 3.66. The van der Waals surface area contributed by atoms with E-state index in [1.165, 1.54) is 0 Å². The van der Waals surface area contributed by atoms with Crippen LogP contribution < -0.4 is 10.9 Å². The number of halogens is 2. The summed E-state index contributed by atoms with van der Waals surface area (Å²) in [6, 6.07) is 18.8. The molecule has 0 bridgehead atoms. The molecule has 1 aliphatic rings. The third-order valence-corrected chi connectivity index (χ3v) is 6.97. The third kappa shape index (κ3) is 5.50. The second-order valence-electron chi connectivity index (χ2n) is 8.91. The van der Waals surface area contributed by atoms with Crippen LogP contribution in [0.2, 0.25) is 10.0 Å². The van der Waals surface area contributed by atoms with Crippen LogP contribution in [0.1, 0.15) is 45.8 Å². The molecule has 2 aromatic carbocycles. The van der Waals surface area contributed by atoms with Gasteiger partial charge in [-0.1, -0.05) is 53.5 Å². The molecule has 4 aromatic rings. The maximum Gasteiger partial charge on any atom is 0.254 e. The summed E-state index contributed by atoms with van der Waals surface area (Å²) in [6.45, 7) is 1.08. The first kappa shape index (κ1) is 23.4. The van der Waals surface area contributed by atoms with Crippen molar-refractivity contribution in [2.24, 2.45) is 0 Å². The van der Waals surface area contributed by atoms with Crippen LogP contribution in [0.5, 0.6) is 0 Å². The first-order chi connectivity index (χ1) is 16.9. The van der Waals surface area contributed by atoms with Gasteiger partial charge < -0.3 is 9.88 Å². The molecule has 2 heterocycles. The minimum absolute atomic E-state index is 0.0235. The van der Waals surface area contributed by atoms with Gasteiger partial charge in [-0.25, -0.2) is 0 Å². The average molecular weight is 507 g/mol. The number of nitrogens with one attached hydrogen (secondary N) is 1. The van der Waals surface area contributed by atoms with E-state index in [9.17, 15) is 9.59 Å². The Morgan fingerprint density at radius 1 is 1.00 bits per heavy atom. The standard InChI is InChI=1S/C27H24Cl2N4O2/c28-22-8-9-25(29)24(13-22)20-11-23(12-20)31-27(35)21-14-30-33(17-21)16-19-6-4-18(5-7-19)15-32-10-2-1-3-26(32)34/h1-10,13-14,17,20,23H,11-12,15-16H2,(H,31,35). The molecule has 0 spiro atoms. The Labute approximate surface area is 213 Å². The number of hydrogen-bond acceptors (Lipinski definition) is 3. The predicted molar refractivity (Wildman–Crippen MR) is 137 cm³/mol. The summed E-state index contributed by atoms with van der Waals surface area (Å²) in [5, 5.41) is 8.82. The number of nitrogens with zero attached hydrogens (tertiary/aromatic N) is 3. The van der Waals surface area contributed by atoms with Crippen molar-refractivity contribution in [1.29, 1.82) is 0 Å². The Kier molecular flexibility index (Phi) is 6.75. The lowest BCUT2D eigenvalue weighted by Gasteiger charge is -2.36. The molecule has 5 rings (SSSR count). The fraction of sp³-hybridized carbons (Fsp3) is 0.222. The van der Waals surface area contributed by atoms with Crippen molar-refractivity contribution >= 4 is 29.1 Å². The molecule has 0 radical (unpaired) electrons. The molecule has 178 valence electrons. The van der Waals surface area contributed by atoms with Crippen LogP contribution in [-0.2, 0) is 13.1 Å². The molecule has 2 aromatic heterocycles. The molecule has 0 unspecified atom stereocenters. The average Bonchev–Trinajstić information content (AvgIpc) is 3.29. The molecule has 35 heavy (non-hydrogen) atoms. The van der Waals surface area contributed by atoms with Gasteiger partial charge in [0.1, 0.15) is 0 Å². The fourth-order valence-electron chi connectivity index (χ4n) is 4.38. The van der Waals surface area contributed by atoms with Crippen molar-refractivity contribution in [1.82, 2.24) is 19.7 Å². The van der Waals surface area contributed by atoms with Gasteiger partial charge in [0.05, 0.1) is 24.8 Å². The lowest BCUT2D eigenvalue weighted by molar-refractivity contribution is 0.0909. The van der Waals surface area contributed by atoms with Gasteiger partial charge in [-0.3, -0.25) is 14.3 Å². The van der Waals surface area contributed by atoms with Crippen LogP contribution in [0.4, 0.5) is 0 Å². The largest absolute Gasteiger partial charge is 0.349 e. The molecular formula is C27H24Cl2N4O2. The molecule has 1 fully saturated rings. The van der Waals surface area contributed by atoms with E-state index in [0.29, 0.717) is 34.6 Å². The lowest BCUT2D eigenvalue weighted by atomic mass is 9.76. The van der Waals surface area contributed by atoms with Gasteiger partial charge in [-0.15, -0.1) is 0 Å². The van der Waals surface area contributed by atoms with E-state index < -0.39 is 0 Å². The van der Waals surface area contributed by atoms with Crippen molar-refractivity contribution in [2.75, 3.05) is 0 Å². The summed E-state index contributed by atoms with van der Waals surface area (Å²) in [7, 11) is 0. The topological polar surface area (TPSA) is 68.9 Å². The van der Waals surface area contributed by atoms with E-state index in [2.05, 4.69) is 10.4 Å². The highest BCUT2D eigenvalue weighted by molar-refractivity contribution is 6.33. The molecule has 1 aliphatic carbocycles. The van der Waals surface area contributed by atoms with Gasteiger partial charge in [0, 0.05) is 34.5 Å². The molecule has 0 saturated heterocycles. The van der Waals surface area contributed by atoms with E-state index >= 15 is 0 Å². The van der Waals surface area contributed by atoms with Crippen molar-refractivity contribution in [3.8, 4) is 0 Å². The van der Waals surface area contributed by atoms with Gasteiger partial charge >= 0.3 is 0 Å². The van der Waals surface area contributed by atoms with E-state index in [1.807, 2.05) is 42.5 Å². The van der Waals surface area contributed by atoms with Gasteiger partial charge in [0.15, 0.2) is 0 Å². The molecule has 1 N–H and O–H groups in total. The number of amides is 1. The number of carbonyl (C=O) groups excluding carboxylic acids is 1. The smallest absolute Gasteiger partial charge is 0.254 e. The quantitative estimate of drug-likeness (QED) is 0.378. The van der Waals surface area contributed by atoms with Crippen molar-refractivity contribution in [2.45, 2.75) is 37.9 Å². The summed E-state index contributed by atoms with van der Waals surface area (Å²) in [4.78, 5) is 24.6. The number of rotatable bonds is 7. The van der Waals surface area contributed by atoms with Gasteiger partial charge in [0.2, 0.25) is 0 Å². The molecule has 1 amide bonds. The van der Waals surface area contributed by atoms with Gasteiger partial charge in [-0.05, 0) is 59.7 Å². The van der Waals surface area contributed by atoms with Crippen molar-refractivity contribution in [3.63, 3.8) is 0 Å². The molecular weight excluding hydrogens is 483 g/mol. The van der Waals surface area contributed by atoms with Crippen LogP contribution in [0, 0.1) is 0 Å². The van der Waals surface area contributed by atoms with Crippen LogP contribution in [0.25, 0.3) is 0 Å². The Morgan fingerprint density at radius 2 is 1.74 bits per heavy atom. The number of carbonyl (C=O) groups is 1. The molecule has 0 atom stereocenters. The summed E-state index contributed by atoms with van der Waals surface area (Å²) < 4.78 is 3.42. The Balaban J connectivity index is 1.14. The second kappa shape index (κ2) is 10.1. The summed E-state index contributed by atoms with van der Waals surface area (Å²) in [6.07, 6.45) is 6.80. The molecule has 6 nitrogen and oxygen atoms in total. The maximum absolute atomic E-state index is 12.7. The highest BCUT2D eigenvalue weighted by Gasteiger charge is 2.33. The monoisotopic (exact) mass is 506 g/mol. The van der Waals surface area contributed by atoms with Gasteiger partial charge in [0.25, 0.3) is 11.5 Å². The second-order valence-corrected chi connectivity index (χ2v) is 9.76. The lowest BCUT2D eigenvalue weighted by Crippen LogP contribution is -2.43. The van der Waals surface area contributed by atoms with E-state index in [4.69, 9.17) is 23.2 Å². The van der Waals surface area contributed by atoms with E-state index in [1.54, 1.807) is 46.0 Å². The Hall–Kier alpha value is -3.35. The third-order valence-electron chi connectivity index (χ3n) is 6.39. The normalized spacial score (nSPS) is 17.1. The number of benzene rings is 2. The van der Waals surface area contributed by atoms with Crippen molar-refractivity contribution in [3.05, 3.63) is 122 Å².